The molecule has 8 aromatic rings. The van der Waals surface area contributed by atoms with E-state index in [-0.39, 0.29) is 11.5 Å². The molecule has 9 rings (SSSR count). The van der Waals surface area contributed by atoms with Crippen LogP contribution >= 0.6 is 22.7 Å². The largest absolute Gasteiger partial charge is 0.507 e. The van der Waals surface area contributed by atoms with E-state index in [2.05, 4.69) is 95.7 Å². The van der Waals surface area contributed by atoms with Crippen molar-refractivity contribution >= 4 is 22.7 Å². The second kappa shape index (κ2) is 11.8. The number of phenols is 2. The Morgan fingerprint density at radius 1 is 0.367 bits per heavy atom. The van der Waals surface area contributed by atoms with E-state index in [4.69, 9.17) is 0 Å². The maximum absolute atomic E-state index is 11.3. The van der Waals surface area contributed by atoms with Crippen LogP contribution in [0.3, 0.4) is 0 Å². The molecule has 234 valence electrons. The molecular formula is C45H30O2S2. The molecule has 0 saturated heterocycles. The highest BCUT2D eigenvalue weighted by Gasteiger charge is 2.47. The molecule has 2 heterocycles. The molecule has 1 aliphatic carbocycles. The Bertz CT molecular complexity index is 2270. The van der Waals surface area contributed by atoms with Crippen molar-refractivity contribution in [3.8, 4) is 65.8 Å². The fourth-order valence-corrected chi connectivity index (χ4v) is 9.00. The number of hydrogen-bond acceptors (Lipinski definition) is 4. The topological polar surface area (TPSA) is 40.5 Å². The van der Waals surface area contributed by atoms with Crippen LogP contribution in [0.25, 0.3) is 54.3 Å². The summed E-state index contributed by atoms with van der Waals surface area (Å²) in [5.74, 6) is 0.473. The zero-order chi connectivity index (χ0) is 33.0. The van der Waals surface area contributed by atoms with Crippen molar-refractivity contribution in [2.24, 2.45) is 0 Å². The van der Waals surface area contributed by atoms with Gasteiger partial charge in [0.2, 0.25) is 0 Å². The van der Waals surface area contributed by atoms with E-state index in [1.54, 1.807) is 22.7 Å². The van der Waals surface area contributed by atoms with Crippen molar-refractivity contribution in [2.75, 3.05) is 0 Å². The minimum atomic E-state index is -0.749. The molecule has 6 aromatic carbocycles. The molecule has 0 amide bonds. The molecule has 0 atom stereocenters. The maximum Gasteiger partial charge on any atom is 0.123 e. The minimum absolute atomic E-state index is 0.236. The SMILES string of the molecule is Oc1ccc(C2(c3ccc(O)c(-c4ccccc4)c3)c3ccc(-c4cccs4)cc3-c3cc(-c4cccs4)ccc32)cc1-c1ccccc1. The smallest absolute Gasteiger partial charge is 0.123 e. The molecule has 0 unspecified atom stereocenters. The summed E-state index contributed by atoms with van der Waals surface area (Å²) >= 11 is 3.49. The number of fused-ring (bicyclic) bond motifs is 3. The first-order chi connectivity index (χ1) is 24.1. The molecular weight excluding hydrogens is 637 g/mol. The van der Waals surface area contributed by atoms with E-state index in [1.807, 2.05) is 72.8 Å². The van der Waals surface area contributed by atoms with Gasteiger partial charge in [-0.1, -0.05) is 109 Å². The van der Waals surface area contributed by atoms with Crippen molar-refractivity contribution in [3.05, 3.63) is 191 Å². The highest BCUT2D eigenvalue weighted by Crippen LogP contribution is 2.59. The van der Waals surface area contributed by atoms with Gasteiger partial charge < -0.3 is 10.2 Å². The van der Waals surface area contributed by atoms with E-state index in [1.165, 1.54) is 43.1 Å². The molecule has 0 radical (unpaired) electrons. The lowest BCUT2D eigenvalue weighted by atomic mass is 9.66. The van der Waals surface area contributed by atoms with E-state index < -0.39 is 5.41 Å². The van der Waals surface area contributed by atoms with Crippen molar-refractivity contribution in [1.29, 1.82) is 0 Å². The molecule has 2 aromatic heterocycles. The van der Waals surface area contributed by atoms with Crippen LogP contribution in [0.2, 0.25) is 0 Å². The van der Waals surface area contributed by atoms with Gasteiger partial charge in [-0.05, 0) is 115 Å². The Hall–Kier alpha value is -5.68. The third-order valence-electron chi connectivity index (χ3n) is 9.78. The number of aromatic hydroxyl groups is 2. The Morgan fingerprint density at radius 3 is 1.22 bits per heavy atom. The first kappa shape index (κ1) is 29.5. The Morgan fingerprint density at radius 2 is 0.816 bits per heavy atom. The zero-order valence-electron chi connectivity index (χ0n) is 26.4. The Balaban J connectivity index is 1.39. The predicted octanol–water partition coefficient (Wildman–Crippen LogP) is 12.3. The van der Waals surface area contributed by atoms with Crippen molar-refractivity contribution in [1.82, 2.24) is 0 Å². The van der Waals surface area contributed by atoms with Crippen molar-refractivity contribution in [2.45, 2.75) is 5.41 Å². The highest BCUT2D eigenvalue weighted by molar-refractivity contribution is 7.13. The van der Waals surface area contributed by atoms with Crippen LogP contribution in [0.1, 0.15) is 22.3 Å². The summed E-state index contributed by atoms with van der Waals surface area (Å²) in [6.45, 7) is 0. The van der Waals surface area contributed by atoms with Gasteiger partial charge in [0, 0.05) is 20.9 Å². The number of hydrogen-bond donors (Lipinski definition) is 2. The molecule has 1 aliphatic rings. The molecule has 49 heavy (non-hydrogen) atoms. The van der Waals surface area contributed by atoms with Crippen LogP contribution in [0, 0.1) is 0 Å². The first-order valence-corrected chi connectivity index (χ1v) is 18.0. The standard InChI is InChI=1S/C45H30O2S2/c46-41-21-17-33(27-35(41)29-9-3-1-4-10-29)45(34-18-22-42(47)36(28-34)30-11-5-2-6-12-30)39-19-15-31(43-13-7-23-48-43)25-37(39)38-26-32(16-20-40(38)45)44-14-8-24-49-44/h1-28,46-47H. The lowest BCUT2D eigenvalue weighted by Gasteiger charge is -2.35. The third kappa shape index (κ3) is 4.75. The first-order valence-electron chi connectivity index (χ1n) is 16.3. The van der Waals surface area contributed by atoms with Crippen molar-refractivity contribution < 1.29 is 10.2 Å². The van der Waals surface area contributed by atoms with Crippen LogP contribution < -0.4 is 0 Å². The average Bonchev–Trinajstić information content (AvgIpc) is 3.94. The lowest BCUT2D eigenvalue weighted by Crippen LogP contribution is -2.28. The van der Waals surface area contributed by atoms with Crippen LogP contribution in [0.15, 0.2) is 168 Å². The molecule has 4 heteroatoms. The van der Waals surface area contributed by atoms with Gasteiger partial charge in [-0.2, -0.15) is 0 Å². The number of rotatable bonds is 6. The van der Waals surface area contributed by atoms with Gasteiger partial charge in [-0.15, -0.1) is 22.7 Å². The fraction of sp³-hybridized carbons (Fsp3) is 0.0222. The van der Waals surface area contributed by atoms with Crippen molar-refractivity contribution in [3.63, 3.8) is 0 Å². The van der Waals surface area contributed by atoms with E-state index >= 15 is 0 Å². The monoisotopic (exact) mass is 666 g/mol. The fourth-order valence-electron chi connectivity index (χ4n) is 7.55. The maximum atomic E-state index is 11.3. The second-order valence-corrected chi connectivity index (χ2v) is 14.3. The molecule has 0 fully saturated rings. The molecule has 0 saturated carbocycles. The predicted molar refractivity (Wildman–Crippen MR) is 205 cm³/mol. The quantitative estimate of drug-likeness (QED) is 0.185. The molecule has 2 N–H and O–H groups in total. The van der Waals surface area contributed by atoms with Gasteiger partial charge in [0.05, 0.1) is 5.41 Å². The van der Waals surface area contributed by atoms with Gasteiger partial charge >= 0.3 is 0 Å². The second-order valence-electron chi connectivity index (χ2n) is 12.4. The summed E-state index contributed by atoms with van der Waals surface area (Å²) in [5.41, 5.74) is 11.9. The normalized spacial score (nSPS) is 12.8. The molecule has 0 spiro atoms. The van der Waals surface area contributed by atoms with Crippen LogP contribution in [0.4, 0.5) is 0 Å². The zero-order valence-corrected chi connectivity index (χ0v) is 28.0. The van der Waals surface area contributed by atoms with Crippen LogP contribution in [-0.4, -0.2) is 10.2 Å². The van der Waals surface area contributed by atoms with Gasteiger partial charge in [-0.3, -0.25) is 0 Å². The number of phenolic OH excluding ortho intramolecular Hbond substituents is 2. The molecule has 2 nitrogen and oxygen atoms in total. The van der Waals surface area contributed by atoms with Gasteiger partial charge in [-0.25, -0.2) is 0 Å². The third-order valence-corrected chi connectivity index (χ3v) is 11.6. The average molecular weight is 667 g/mol. The minimum Gasteiger partial charge on any atom is -0.507 e. The highest BCUT2D eigenvalue weighted by atomic mass is 32.1. The summed E-state index contributed by atoms with van der Waals surface area (Å²) in [4.78, 5) is 2.45. The van der Waals surface area contributed by atoms with Crippen LogP contribution in [-0.2, 0) is 5.41 Å². The van der Waals surface area contributed by atoms with Gasteiger partial charge in [0.15, 0.2) is 0 Å². The molecule has 0 aliphatic heterocycles. The summed E-state index contributed by atoms with van der Waals surface area (Å²) in [5, 5.41) is 26.8. The number of benzene rings is 6. The van der Waals surface area contributed by atoms with Gasteiger partial charge in [0.25, 0.3) is 0 Å². The molecule has 0 bridgehead atoms. The van der Waals surface area contributed by atoms with E-state index in [9.17, 15) is 10.2 Å². The Labute approximate surface area is 293 Å². The number of thiophene rings is 2. The van der Waals surface area contributed by atoms with Crippen LogP contribution in [0.5, 0.6) is 11.5 Å². The lowest BCUT2D eigenvalue weighted by molar-refractivity contribution is 0.477. The van der Waals surface area contributed by atoms with E-state index in [0.717, 1.165) is 33.4 Å². The van der Waals surface area contributed by atoms with Gasteiger partial charge in [0.1, 0.15) is 11.5 Å². The summed E-state index contributed by atoms with van der Waals surface area (Å²) in [7, 11) is 0. The van der Waals surface area contributed by atoms with E-state index in [0.29, 0.717) is 0 Å². The summed E-state index contributed by atoms with van der Waals surface area (Å²) < 4.78 is 0. The summed E-state index contributed by atoms with van der Waals surface area (Å²) in [6, 6.07) is 54.5. The Kier molecular flexibility index (Phi) is 7.08. The summed E-state index contributed by atoms with van der Waals surface area (Å²) in [6.07, 6.45) is 0.